The standard InChI is InChI=1S/C31H34N4O5/c1-31(2,3)40-30(38)33-17-16-24(32)19-10-13-22(14-11-19)34-27(20-8-6-5-7-9-20)26-23-15-12-21(29(37)39-4)18-25(23)35-28(26)36/h5-15,18,24,35-36H,16-17,32H2,1-4H3,(H,33,38). The average Bonchev–Trinajstić information content (AvgIpc) is 3.25. The minimum Gasteiger partial charge on any atom is -0.494 e. The zero-order chi connectivity index (χ0) is 28.9. The van der Waals surface area contributed by atoms with E-state index >= 15 is 0 Å². The zero-order valence-corrected chi connectivity index (χ0v) is 23.0. The first-order valence-corrected chi connectivity index (χ1v) is 13.0. The van der Waals surface area contributed by atoms with Gasteiger partial charge in [0.1, 0.15) is 5.60 Å². The molecule has 208 valence electrons. The van der Waals surface area contributed by atoms with Crippen LogP contribution >= 0.6 is 0 Å². The molecular weight excluding hydrogens is 508 g/mol. The number of ether oxygens (including phenoxy) is 2. The molecule has 1 amide bonds. The number of aromatic hydroxyl groups is 1. The molecule has 1 unspecified atom stereocenters. The Balaban J connectivity index is 1.59. The lowest BCUT2D eigenvalue weighted by atomic mass is 10.00. The number of carbonyl (C=O) groups is 2. The van der Waals surface area contributed by atoms with Crippen LogP contribution in [0.2, 0.25) is 0 Å². The van der Waals surface area contributed by atoms with Gasteiger partial charge < -0.3 is 30.6 Å². The number of esters is 1. The molecule has 0 saturated heterocycles. The molecule has 0 spiro atoms. The molecular formula is C31H34N4O5. The predicted octanol–water partition coefficient (Wildman–Crippen LogP) is 5.74. The number of benzene rings is 3. The highest BCUT2D eigenvalue weighted by Gasteiger charge is 2.20. The number of aliphatic imine (C=N–C) groups is 1. The molecule has 40 heavy (non-hydrogen) atoms. The van der Waals surface area contributed by atoms with Crippen molar-refractivity contribution in [1.82, 2.24) is 10.3 Å². The monoisotopic (exact) mass is 542 g/mol. The summed E-state index contributed by atoms with van der Waals surface area (Å²) in [5, 5.41) is 14.4. The van der Waals surface area contributed by atoms with Crippen LogP contribution in [0.15, 0.2) is 77.8 Å². The van der Waals surface area contributed by atoms with E-state index in [4.69, 9.17) is 20.2 Å². The van der Waals surface area contributed by atoms with Gasteiger partial charge >= 0.3 is 12.1 Å². The predicted molar refractivity (Wildman–Crippen MR) is 155 cm³/mol. The van der Waals surface area contributed by atoms with E-state index in [1.165, 1.54) is 7.11 Å². The van der Waals surface area contributed by atoms with Gasteiger partial charge in [-0.3, -0.25) is 0 Å². The Bertz CT molecular complexity index is 1520. The van der Waals surface area contributed by atoms with Crippen LogP contribution in [0.4, 0.5) is 10.5 Å². The fourth-order valence-corrected chi connectivity index (χ4v) is 4.26. The molecule has 1 heterocycles. The van der Waals surface area contributed by atoms with Crippen LogP contribution in [0, 0.1) is 0 Å². The van der Waals surface area contributed by atoms with Crippen LogP contribution in [-0.4, -0.2) is 47.1 Å². The highest BCUT2D eigenvalue weighted by Crippen LogP contribution is 2.32. The van der Waals surface area contributed by atoms with Gasteiger partial charge in [-0.15, -0.1) is 0 Å². The van der Waals surface area contributed by atoms with Crippen molar-refractivity contribution in [1.29, 1.82) is 0 Å². The van der Waals surface area contributed by atoms with Gasteiger partial charge in [0.05, 0.1) is 29.6 Å². The maximum absolute atomic E-state index is 12.0. The van der Waals surface area contributed by atoms with E-state index in [0.717, 1.165) is 11.1 Å². The number of hydrogen-bond acceptors (Lipinski definition) is 7. The molecule has 1 atom stereocenters. The largest absolute Gasteiger partial charge is 0.494 e. The van der Waals surface area contributed by atoms with Crippen LogP contribution in [0.3, 0.4) is 0 Å². The quantitative estimate of drug-likeness (QED) is 0.165. The van der Waals surface area contributed by atoms with Crippen LogP contribution < -0.4 is 11.1 Å². The minimum absolute atomic E-state index is 0.0595. The number of rotatable bonds is 8. The first-order chi connectivity index (χ1) is 19.1. The Hall–Kier alpha value is -4.63. The first-order valence-electron chi connectivity index (χ1n) is 13.0. The lowest BCUT2D eigenvalue weighted by molar-refractivity contribution is 0.0525. The summed E-state index contributed by atoms with van der Waals surface area (Å²) < 4.78 is 10.1. The minimum atomic E-state index is -0.559. The fourth-order valence-electron chi connectivity index (χ4n) is 4.26. The summed E-state index contributed by atoms with van der Waals surface area (Å²) in [5.74, 6) is -0.524. The Morgan fingerprint density at radius 1 is 1.02 bits per heavy atom. The average molecular weight is 543 g/mol. The van der Waals surface area contributed by atoms with Crippen LogP contribution in [0.1, 0.15) is 60.3 Å². The molecule has 5 N–H and O–H groups in total. The van der Waals surface area contributed by atoms with Gasteiger partial charge in [0, 0.05) is 29.1 Å². The summed E-state index contributed by atoms with van der Waals surface area (Å²) in [4.78, 5) is 31.7. The van der Waals surface area contributed by atoms with Crippen molar-refractivity contribution < 1.29 is 24.2 Å². The van der Waals surface area contributed by atoms with Crippen molar-refractivity contribution >= 4 is 34.4 Å². The lowest BCUT2D eigenvalue weighted by Gasteiger charge is -2.20. The number of carbonyl (C=O) groups excluding carboxylic acids is 2. The molecule has 0 radical (unpaired) electrons. The van der Waals surface area contributed by atoms with E-state index in [1.807, 2.05) is 75.4 Å². The van der Waals surface area contributed by atoms with E-state index in [-0.39, 0.29) is 11.9 Å². The lowest BCUT2D eigenvalue weighted by Crippen LogP contribution is -2.33. The van der Waals surface area contributed by atoms with Crippen molar-refractivity contribution in [3.63, 3.8) is 0 Å². The Kier molecular flexibility index (Phi) is 8.55. The number of aromatic amines is 1. The number of amides is 1. The molecule has 0 bridgehead atoms. The number of alkyl carbamates (subject to hydrolysis) is 1. The van der Waals surface area contributed by atoms with E-state index in [2.05, 4.69) is 10.3 Å². The van der Waals surface area contributed by atoms with Gasteiger partial charge in [0.25, 0.3) is 0 Å². The molecule has 9 heteroatoms. The van der Waals surface area contributed by atoms with Gasteiger partial charge in [-0.1, -0.05) is 48.5 Å². The molecule has 0 aliphatic heterocycles. The topological polar surface area (TPSA) is 139 Å². The van der Waals surface area contributed by atoms with E-state index in [1.54, 1.807) is 18.2 Å². The molecule has 0 fully saturated rings. The van der Waals surface area contributed by atoms with Crippen molar-refractivity contribution in [2.45, 2.75) is 38.8 Å². The summed E-state index contributed by atoms with van der Waals surface area (Å²) in [5.41, 5.74) is 10.2. The van der Waals surface area contributed by atoms with E-state index in [0.29, 0.717) is 46.4 Å². The number of fused-ring (bicyclic) bond motifs is 1. The molecule has 9 nitrogen and oxygen atoms in total. The molecule has 4 aromatic rings. The Labute approximate surface area is 233 Å². The van der Waals surface area contributed by atoms with Crippen molar-refractivity contribution in [3.8, 4) is 5.88 Å². The number of methoxy groups -OCH3 is 1. The number of aromatic nitrogens is 1. The van der Waals surface area contributed by atoms with E-state index < -0.39 is 17.7 Å². The highest BCUT2D eigenvalue weighted by atomic mass is 16.6. The van der Waals surface area contributed by atoms with Crippen LogP contribution in [0.25, 0.3) is 10.9 Å². The number of hydrogen-bond donors (Lipinski definition) is 4. The Morgan fingerprint density at radius 3 is 2.38 bits per heavy atom. The highest BCUT2D eigenvalue weighted by molar-refractivity contribution is 6.22. The third kappa shape index (κ3) is 6.86. The summed E-state index contributed by atoms with van der Waals surface area (Å²) in [6.45, 7) is 5.82. The van der Waals surface area contributed by atoms with Gasteiger partial charge in [0.15, 0.2) is 5.88 Å². The molecule has 3 aromatic carbocycles. The van der Waals surface area contributed by atoms with Gasteiger partial charge in [0.2, 0.25) is 0 Å². The third-order valence-electron chi connectivity index (χ3n) is 6.17. The SMILES string of the molecule is COC(=O)c1ccc2c(C(=Nc3ccc(C(N)CCNC(=O)OC(C)(C)C)cc3)c3ccccc3)c(O)[nH]c2c1. The smallest absolute Gasteiger partial charge is 0.407 e. The second-order valence-electron chi connectivity index (χ2n) is 10.3. The molecule has 4 rings (SSSR count). The normalized spacial score (nSPS) is 12.7. The number of H-pyrrole nitrogens is 1. The molecule has 1 aromatic heterocycles. The second kappa shape index (κ2) is 12.0. The van der Waals surface area contributed by atoms with Crippen molar-refractivity contribution in [3.05, 3.63) is 95.1 Å². The van der Waals surface area contributed by atoms with Crippen molar-refractivity contribution in [2.75, 3.05) is 13.7 Å². The molecule has 0 aliphatic carbocycles. The summed E-state index contributed by atoms with van der Waals surface area (Å²) in [6, 6.07) is 21.8. The maximum Gasteiger partial charge on any atom is 0.407 e. The summed E-state index contributed by atoms with van der Waals surface area (Å²) >= 11 is 0. The summed E-state index contributed by atoms with van der Waals surface area (Å²) in [7, 11) is 1.32. The van der Waals surface area contributed by atoms with Gasteiger partial charge in [-0.05, 0) is 57.0 Å². The van der Waals surface area contributed by atoms with Crippen LogP contribution in [-0.2, 0) is 9.47 Å². The third-order valence-corrected chi connectivity index (χ3v) is 6.17. The maximum atomic E-state index is 12.0. The van der Waals surface area contributed by atoms with Gasteiger partial charge in [-0.25, -0.2) is 14.6 Å². The van der Waals surface area contributed by atoms with E-state index in [9.17, 15) is 14.7 Å². The fraction of sp³-hybridized carbons (Fsp3) is 0.258. The molecule has 0 aliphatic rings. The second-order valence-corrected chi connectivity index (χ2v) is 10.3. The van der Waals surface area contributed by atoms with Crippen molar-refractivity contribution in [2.24, 2.45) is 10.7 Å². The number of nitrogens with zero attached hydrogens (tertiary/aromatic N) is 1. The first kappa shape index (κ1) is 28.4. The number of nitrogens with one attached hydrogen (secondary N) is 2. The number of nitrogens with two attached hydrogens (primary N) is 1. The van der Waals surface area contributed by atoms with Gasteiger partial charge in [-0.2, -0.15) is 0 Å². The van der Waals surface area contributed by atoms with Crippen LogP contribution in [0.5, 0.6) is 5.88 Å². The summed E-state index contributed by atoms with van der Waals surface area (Å²) in [6.07, 6.45) is 0.0633. The Morgan fingerprint density at radius 2 is 1.73 bits per heavy atom. The zero-order valence-electron chi connectivity index (χ0n) is 23.0. The molecule has 0 saturated carbocycles.